The summed E-state index contributed by atoms with van der Waals surface area (Å²) in [5, 5.41) is 33.7. The molecule has 6 rings (SSSR count). The summed E-state index contributed by atoms with van der Waals surface area (Å²) in [7, 11) is 0. The fourth-order valence-corrected chi connectivity index (χ4v) is 7.80. The molecule has 0 radical (unpaired) electrons. The summed E-state index contributed by atoms with van der Waals surface area (Å²) in [6.45, 7) is 2.68. The minimum atomic E-state index is -0.733. The van der Waals surface area contributed by atoms with Crippen molar-refractivity contribution >= 4 is 5.82 Å². The van der Waals surface area contributed by atoms with Crippen molar-refractivity contribution in [3.8, 4) is 23.3 Å². The zero-order chi connectivity index (χ0) is 34.9. The number of hydrogen-bond acceptors (Lipinski definition) is 6. The van der Waals surface area contributed by atoms with Gasteiger partial charge in [-0.1, -0.05) is 80.2 Å². The Kier molecular flexibility index (Phi) is 12.0. The molecule has 0 bridgehead atoms. The van der Waals surface area contributed by atoms with Crippen LogP contribution in [0, 0.1) is 35.5 Å². The first-order valence-corrected chi connectivity index (χ1v) is 18.2. The minimum Gasteiger partial charge on any atom is -0.504 e. The predicted octanol–water partition coefficient (Wildman–Crippen LogP) is 7.56. The maximum Gasteiger partial charge on any atom is 0.161 e. The SMILES string of the molecule is CC(Cc1ccccc1)C1C#CC2C=CC(c3ccc(O)c(OCCC(Cc4ccc[nH]4)c4ccnc(N)c4)c3)CC(O)C2C(O)CCCC1. The van der Waals surface area contributed by atoms with Crippen LogP contribution in [0.4, 0.5) is 5.82 Å². The molecule has 0 spiro atoms. The van der Waals surface area contributed by atoms with E-state index in [4.69, 9.17) is 10.5 Å². The number of phenolic OH excluding ortho intramolecular Hbond substituents is 1. The number of nitrogens with zero attached hydrogens (tertiary/aromatic N) is 1. The second-order valence-electron chi connectivity index (χ2n) is 14.3. The normalized spacial score (nSPS) is 24.9. The quantitative estimate of drug-likeness (QED) is 0.0827. The summed E-state index contributed by atoms with van der Waals surface area (Å²) < 4.78 is 6.22. The molecule has 50 heavy (non-hydrogen) atoms. The zero-order valence-electron chi connectivity index (χ0n) is 29.0. The number of H-pyrrole nitrogens is 1. The Labute approximate surface area is 296 Å². The highest BCUT2D eigenvalue weighted by atomic mass is 16.5. The van der Waals surface area contributed by atoms with Gasteiger partial charge < -0.3 is 30.8 Å². The van der Waals surface area contributed by atoms with Crippen LogP contribution in [0.2, 0.25) is 0 Å². The molecule has 262 valence electrons. The number of aromatic nitrogens is 2. The number of anilines is 1. The number of aliphatic hydroxyl groups is 2. The molecule has 2 aliphatic carbocycles. The number of pyridine rings is 1. The number of benzene rings is 2. The summed E-state index contributed by atoms with van der Waals surface area (Å²) in [5.41, 5.74) is 10.5. The van der Waals surface area contributed by atoms with Crippen molar-refractivity contribution in [3.05, 3.63) is 120 Å². The summed E-state index contributed by atoms with van der Waals surface area (Å²) in [6.07, 6.45) is 13.1. The number of aromatic amines is 1. The number of nitrogens with two attached hydrogens (primary N) is 1. The molecule has 6 N–H and O–H groups in total. The number of aliphatic hydroxyl groups excluding tert-OH is 2. The number of nitrogens with one attached hydrogen (secondary N) is 1. The van der Waals surface area contributed by atoms with E-state index in [9.17, 15) is 15.3 Å². The lowest BCUT2D eigenvalue weighted by Crippen LogP contribution is -2.37. The Balaban J connectivity index is 1.17. The highest BCUT2D eigenvalue weighted by Crippen LogP contribution is 2.39. The minimum absolute atomic E-state index is 0.0760. The molecule has 7 heteroatoms. The van der Waals surface area contributed by atoms with Crippen LogP contribution >= 0.6 is 0 Å². The van der Waals surface area contributed by atoms with E-state index in [0.717, 1.165) is 48.9 Å². The summed E-state index contributed by atoms with van der Waals surface area (Å²) in [4.78, 5) is 7.45. The molecular weight excluding hydrogens is 622 g/mol. The summed E-state index contributed by atoms with van der Waals surface area (Å²) in [6, 6.07) is 24.0. The van der Waals surface area contributed by atoms with Gasteiger partial charge in [-0.05, 0) is 103 Å². The molecule has 4 aromatic rings. The van der Waals surface area contributed by atoms with E-state index in [1.807, 2.05) is 36.5 Å². The number of rotatable bonds is 11. The number of aromatic hydroxyl groups is 1. The van der Waals surface area contributed by atoms with E-state index in [1.54, 1.807) is 12.3 Å². The lowest BCUT2D eigenvalue weighted by atomic mass is 9.78. The van der Waals surface area contributed by atoms with Crippen LogP contribution in [-0.2, 0) is 12.8 Å². The first-order valence-electron chi connectivity index (χ1n) is 18.2. The van der Waals surface area contributed by atoms with Crippen LogP contribution in [0.15, 0.2) is 97.3 Å². The smallest absolute Gasteiger partial charge is 0.161 e. The van der Waals surface area contributed by atoms with Crippen molar-refractivity contribution < 1.29 is 20.1 Å². The number of fused-ring (bicyclic) bond motifs is 1. The third-order valence-electron chi connectivity index (χ3n) is 10.7. The van der Waals surface area contributed by atoms with Gasteiger partial charge in [-0.15, -0.1) is 0 Å². The van der Waals surface area contributed by atoms with Crippen molar-refractivity contribution in [1.82, 2.24) is 9.97 Å². The van der Waals surface area contributed by atoms with Crippen molar-refractivity contribution in [2.75, 3.05) is 12.3 Å². The highest BCUT2D eigenvalue weighted by molar-refractivity contribution is 5.44. The Morgan fingerprint density at radius 1 is 0.940 bits per heavy atom. The molecule has 8 unspecified atom stereocenters. The number of nitrogen functional groups attached to an aromatic ring is 1. The predicted molar refractivity (Wildman–Crippen MR) is 199 cm³/mol. The van der Waals surface area contributed by atoms with Gasteiger partial charge in [0.05, 0.1) is 18.8 Å². The molecule has 0 saturated carbocycles. The Morgan fingerprint density at radius 2 is 1.78 bits per heavy atom. The van der Waals surface area contributed by atoms with Gasteiger partial charge in [-0.3, -0.25) is 0 Å². The molecule has 0 fully saturated rings. The molecule has 2 aromatic carbocycles. The van der Waals surface area contributed by atoms with Crippen LogP contribution in [0.3, 0.4) is 0 Å². The van der Waals surface area contributed by atoms with Crippen LogP contribution < -0.4 is 10.5 Å². The lowest BCUT2D eigenvalue weighted by Gasteiger charge is -2.31. The fraction of sp³-hybridized carbons (Fsp3) is 0.419. The maximum absolute atomic E-state index is 11.6. The van der Waals surface area contributed by atoms with Gasteiger partial charge in [0.1, 0.15) is 5.82 Å². The van der Waals surface area contributed by atoms with Gasteiger partial charge in [-0.2, -0.15) is 0 Å². The monoisotopic (exact) mass is 673 g/mol. The fourth-order valence-electron chi connectivity index (χ4n) is 7.80. The van der Waals surface area contributed by atoms with E-state index in [1.165, 1.54) is 5.56 Å². The molecule has 2 aromatic heterocycles. The molecular formula is C43H51N3O4. The third kappa shape index (κ3) is 9.18. The third-order valence-corrected chi connectivity index (χ3v) is 10.7. The van der Waals surface area contributed by atoms with E-state index < -0.39 is 12.2 Å². The maximum atomic E-state index is 11.6. The second kappa shape index (κ2) is 16.9. The molecule has 0 amide bonds. The Hall–Kier alpha value is -4.51. The first-order chi connectivity index (χ1) is 24.3. The number of hydrogen-bond donors (Lipinski definition) is 5. The highest BCUT2D eigenvalue weighted by Gasteiger charge is 2.36. The molecule has 0 aliphatic heterocycles. The van der Waals surface area contributed by atoms with Crippen LogP contribution in [0.25, 0.3) is 0 Å². The lowest BCUT2D eigenvalue weighted by molar-refractivity contribution is -0.00713. The molecule has 7 nitrogen and oxygen atoms in total. The van der Waals surface area contributed by atoms with E-state index >= 15 is 0 Å². The topological polar surface area (TPSA) is 125 Å². The standard InChI is InChI=1S/C43H51N3O4/c1-29(24-30-8-3-2-4-9-30)31-10-5-6-12-39(48)43-32(14-13-31)15-16-33(26-40(43)49)34-17-18-38(47)41(27-34)50-23-20-36(25-37-11-7-21-45-37)35-19-22-46-42(44)28-35/h2-4,7-9,11,15-19,21-22,27-29,31-33,36,39-40,43,45,47-49H,5-6,10,12,20,23-26H2,1H3,(H2,44,46). The average molecular weight is 674 g/mol. The largest absolute Gasteiger partial charge is 0.504 e. The van der Waals surface area contributed by atoms with Gasteiger partial charge in [0.15, 0.2) is 11.5 Å². The van der Waals surface area contributed by atoms with E-state index in [0.29, 0.717) is 43.4 Å². The molecule has 0 saturated heterocycles. The van der Waals surface area contributed by atoms with Gasteiger partial charge in [0.25, 0.3) is 0 Å². The molecule has 8 atom stereocenters. The van der Waals surface area contributed by atoms with E-state index in [-0.39, 0.29) is 35.3 Å². The average Bonchev–Trinajstić information content (AvgIpc) is 3.57. The molecule has 2 heterocycles. The van der Waals surface area contributed by atoms with Crippen molar-refractivity contribution in [1.29, 1.82) is 0 Å². The first kappa shape index (κ1) is 35.3. The number of allylic oxidation sites excluding steroid dienone is 2. The number of phenols is 1. The van der Waals surface area contributed by atoms with E-state index in [2.05, 4.69) is 77.3 Å². The van der Waals surface area contributed by atoms with Gasteiger partial charge in [0, 0.05) is 41.8 Å². The zero-order valence-corrected chi connectivity index (χ0v) is 29.0. The van der Waals surface area contributed by atoms with Gasteiger partial charge >= 0.3 is 0 Å². The number of ether oxygens (including phenoxy) is 1. The van der Waals surface area contributed by atoms with Gasteiger partial charge in [0.2, 0.25) is 0 Å². The Morgan fingerprint density at radius 3 is 2.58 bits per heavy atom. The van der Waals surface area contributed by atoms with Crippen molar-refractivity contribution in [2.45, 2.75) is 82.3 Å². The van der Waals surface area contributed by atoms with Gasteiger partial charge in [-0.25, -0.2) is 4.98 Å². The van der Waals surface area contributed by atoms with Crippen LogP contribution in [-0.4, -0.2) is 44.1 Å². The second-order valence-corrected chi connectivity index (χ2v) is 14.3. The van der Waals surface area contributed by atoms with Crippen LogP contribution in [0.1, 0.15) is 79.7 Å². The summed E-state index contributed by atoms with van der Waals surface area (Å²) in [5.74, 6) is 8.20. The van der Waals surface area contributed by atoms with Crippen molar-refractivity contribution in [2.24, 2.45) is 23.7 Å². The summed E-state index contributed by atoms with van der Waals surface area (Å²) >= 11 is 0. The van der Waals surface area contributed by atoms with Crippen LogP contribution in [0.5, 0.6) is 11.5 Å². The Bertz CT molecular complexity index is 1740. The molecule has 2 aliphatic rings. The van der Waals surface area contributed by atoms with Crippen molar-refractivity contribution in [3.63, 3.8) is 0 Å².